The fraction of sp³-hybridized carbons (Fsp3) is 0.111. The van der Waals surface area contributed by atoms with E-state index >= 15 is 0 Å². The molecule has 0 amide bonds. The van der Waals surface area contributed by atoms with Crippen molar-refractivity contribution in [3.63, 3.8) is 0 Å². The Morgan fingerprint density at radius 3 is 2.88 bits per heavy atom. The van der Waals surface area contributed by atoms with Gasteiger partial charge in [-0.25, -0.2) is 9.37 Å². The van der Waals surface area contributed by atoms with E-state index in [1.165, 1.54) is 24.4 Å². The zero-order chi connectivity index (χ0) is 18.0. The number of aromatic nitrogens is 2. The molecule has 128 valence electrons. The van der Waals surface area contributed by atoms with Gasteiger partial charge >= 0.3 is 0 Å². The highest BCUT2D eigenvalue weighted by Gasteiger charge is 2.16. The third kappa shape index (κ3) is 3.64. The summed E-state index contributed by atoms with van der Waals surface area (Å²) >= 11 is 6.11. The topological polar surface area (TPSA) is 81.0 Å². The SMILES string of the molecule is CC(Oc1cc(-c2ccc[nH]c2=O)cnc1N)c1cc(F)ccc1Cl. The van der Waals surface area contributed by atoms with Gasteiger partial charge in [0.05, 0.1) is 0 Å². The van der Waals surface area contributed by atoms with Crippen molar-refractivity contribution < 1.29 is 9.13 Å². The second kappa shape index (κ2) is 6.94. The predicted molar refractivity (Wildman–Crippen MR) is 95.2 cm³/mol. The van der Waals surface area contributed by atoms with E-state index in [1.807, 2.05) is 0 Å². The Balaban J connectivity index is 1.95. The van der Waals surface area contributed by atoms with Crippen molar-refractivity contribution in [1.29, 1.82) is 0 Å². The van der Waals surface area contributed by atoms with E-state index in [0.717, 1.165) is 0 Å². The molecule has 3 aromatic rings. The second-order valence-corrected chi connectivity index (χ2v) is 5.85. The van der Waals surface area contributed by atoms with Crippen LogP contribution in [-0.4, -0.2) is 9.97 Å². The molecule has 0 fully saturated rings. The number of nitrogen functional groups attached to an aromatic ring is 1. The number of nitrogens with one attached hydrogen (secondary N) is 1. The fourth-order valence-electron chi connectivity index (χ4n) is 2.43. The van der Waals surface area contributed by atoms with E-state index in [9.17, 15) is 9.18 Å². The lowest BCUT2D eigenvalue weighted by atomic mass is 10.1. The van der Waals surface area contributed by atoms with Crippen molar-refractivity contribution in [2.75, 3.05) is 5.73 Å². The van der Waals surface area contributed by atoms with Crippen molar-refractivity contribution in [3.8, 4) is 16.9 Å². The summed E-state index contributed by atoms with van der Waals surface area (Å²) < 4.78 is 19.3. The maximum absolute atomic E-state index is 13.5. The number of anilines is 1. The van der Waals surface area contributed by atoms with Crippen LogP contribution in [0.15, 0.2) is 53.6 Å². The lowest BCUT2D eigenvalue weighted by Gasteiger charge is -2.18. The quantitative estimate of drug-likeness (QED) is 0.739. The molecule has 25 heavy (non-hydrogen) atoms. The minimum Gasteiger partial charge on any atom is -0.482 e. The van der Waals surface area contributed by atoms with Crippen LogP contribution in [0.5, 0.6) is 5.75 Å². The normalized spacial score (nSPS) is 12.0. The van der Waals surface area contributed by atoms with Crippen molar-refractivity contribution >= 4 is 17.4 Å². The molecule has 1 aromatic carbocycles. The molecule has 5 nitrogen and oxygen atoms in total. The lowest BCUT2D eigenvalue weighted by molar-refractivity contribution is 0.227. The molecule has 0 saturated carbocycles. The van der Waals surface area contributed by atoms with Gasteiger partial charge in [0.1, 0.15) is 11.9 Å². The molecule has 3 rings (SSSR count). The highest BCUT2D eigenvalue weighted by molar-refractivity contribution is 6.31. The Hall–Kier alpha value is -2.86. The summed E-state index contributed by atoms with van der Waals surface area (Å²) in [6.45, 7) is 1.72. The number of hydrogen-bond acceptors (Lipinski definition) is 4. The summed E-state index contributed by atoms with van der Waals surface area (Å²) in [7, 11) is 0. The fourth-order valence-corrected chi connectivity index (χ4v) is 2.70. The van der Waals surface area contributed by atoms with Gasteiger partial charge in [0, 0.05) is 34.1 Å². The number of benzene rings is 1. The predicted octanol–water partition coefficient (Wildman–Crippen LogP) is 3.95. The molecule has 0 radical (unpaired) electrons. The minimum atomic E-state index is -0.559. The Labute approximate surface area is 148 Å². The summed E-state index contributed by atoms with van der Waals surface area (Å²) in [5, 5.41) is 0.385. The molecule has 3 N–H and O–H groups in total. The molecule has 0 bridgehead atoms. The van der Waals surface area contributed by atoms with Gasteiger partial charge in [0.2, 0.25) is 0 Å². The monoisotopic (exact) mass is 359 g/mol. The van der Waals surface area contributed by atoms with Crippen LogP contribution >= 0.6 is 11.6 Å². The molecule has 0 aliphatic heterocycles. The van der Waals surface area contributed by atoms with Gasteiger partial charge in [-0.2, -0.15) is 0 Å². The third-order valence-corrected chi connectivity index (χ3v) is 4.05. The van der Waals surface area contributed by atoms with E-state index in [-0.39, 0.29) is 17.1 Å². The molecule has 7 heteroatoms. The number of rotatable bonds is 4. The highest BCUT2D eigenvalue weighted by atomic mass is 35.5. The first-order chi connectivity index (χ1) is 12.0. The van der Waals surface area contributed by atoms with E-state index in [4.69, 9.17) is 22.1 Å². The van der Waals surface area contributed by atoms with E-state index < -0.39 is 11.9 Å². The van der Waals surface area contributed by atoms with Crippen LogP contribution in [0.25, 0.3) is 11.1 Å². The number of nitrogens with zero attached hydrogens (tertiary/aromatic N) is 1. The first-order valence-corrected chi connectivity index (χ1v) is 7.88. The zero-order valence-corrected chi connectivity index (χ0v) is 14.0. The Kier molecular flexibility index (Phi) is 4.72. The molecule has 2 aromatic heterocycles. The van der Waals surface area contributed by atoms with E-state index in [2.05, 4.69) is 9.97 Å². The van der Waals surface area contributed by atoms with Gasteiger partial charge in [0.25, 0.3) is 5.56 Å². The van der Waals surface area contributed by atoms with Crippen molar-refractivity contribution in [1.82, 2.24) is 9.97 Å². The van der Waals surface area contributed by atoms with Gasteiger partial charge in [-0.3, -0.25) is 4.79 Å². The third-order valence-electron chi connectivity index (χ3n) is 3.71. The maximum Gasteiger partial charge on any atom is 0.255 e. The molecular formula is C18H15ClFN3O2. The summed E-state index contributed by atoms with van der Waals surface area (Å²) in [4.78, 5) is 18.6. The van der Waals surface area contributed by atoms with Gasteiger partial charge in [-0.1, -0.05) is 11.6 Å². The number of ether oxygens (including phenoxy) is 1. The van der Waals surface area contributed by atoms with Gasteiger partial charge in [0.15, 0.2) is 11.6 Å². The first-order valence-electron chi connectivity index (χ1n) is 7.51. The van der Waals surface area contributed by atoms with Crippen LogP contribution in [0.4, 0.5) is 10.2 Å². The Morgan fingerprint density at radius 2 is 2.12 bits per heavy atom. The number of hydrogen-bond donors (Lipinski definition) is 2. The number of nitrogens with two attached hydrogens (primary N) is 1. The van der Waals surface area contributed by atoms with Gasteiger partial charge in [-0.05, 0) is 43.3 Å². The molecule has 0 saturated heterocycles. The van der Waals surface area contributed by atoms with Gasteiger partial charge in [-0.15, -0.1) is 0 Å². The highest BCUT2D eigenvalue weighted by Crippen LogP contribution is 2.32. The summed E-state index contributed by atoms with van der Waals surface area (Å²) in [6.07, 6.45) is 2.48. The number of halogens is 2. The van der Waals surface area contributed by atoms with Crippen LogP contribution in [-0.2, 0) is 0 Å². The average Bonchev–Trinajstić information content (AvgIpc) is 2.59. The molecular weight excluding hydrogens is 345 g/mol. The summed E-state index contributed by atoms with van der Waals surface area (Å²) in [6, 6.07) is 9.05. The van der Waals surface area contributed by atoms with Crippen molar-refractivity contribution in [2.24, 2.45) is 0 Å². The molecule has 1 atom stereocenters. The Bertz CT molecular complexity index is 975. The smallest absolute Gasteiger partial charge is 0.255 e. The van der Waals surface area contributed by atoms with Gasteiger partial charge < -0.3 is 15.5 Å². The average molecular weight is 360 g/mol. The van der Waals surface area contributed by atoms with Crippen LogP contribution < -0.4 is 16.0 Å². The standard InChI is InChI=1S/C18H15ClFN3O2/c1-10(14-8-12(20)4-5-15(14)19)25-16-7-11(9-23-17(16)21)13-3-2-6-22-18(13)24/h2-10H,1H3,(H2,21,23)(H,22,24). The van der Waals surface area contributed by atoms with Crippen molar-refractivity contribution in [3.05, 3.63) is 75.5 Å². The number of aromatic amines is 1. The van der Waals surface area contributed by atoms with Crippen molar-refractivity contribution in [2.45, 2.75) is 13.0 Å². The molecule has 2 heterocycles. The minimum absolute atomic E-state index is 0.162. The largest absolute Gasteiger partial charge is 0.482 e. The van der Waals surface area contributed by atoms with Crippen LogP contribution in [0, 0.1) is 5.82 Å². The molecule has 0 spiro atoms. The van der Waals surface area contributed by atoms with E-state index in [1.54, 1.807) is 31.3 Å². The zero-order valence-electron chi connectivity index (χ0n) is 13.3. The number of H-pyrrole nitrogens is 1. The summed E-state index contributed by atoms with van der Waals surface area (Å²) in [5.41, 5.74) is 7.11. The first kappa shape index (κ1) is 17.0. The van der Waals surface area contributed by atoms with Crippen LogP contribution in [0.1, 0.15) is 18.6 Å². The summed E-state index contributed by atoms with van der Waals surface area (Å²) in [5.74, 6) is 0.0367. The van der Waals surface area contributed by atoms with E-state index in [0.29, 0.717) is 21.7 Å². The maximum atomic E-state index is 13.5. The van der Waals surface area contributed by atoms with Crippen LogP contribution in [0.3, 0.4) is 0 Å². The lowest BCUT2D eigenvalue weighted by Crippen LogP contribution is -2.09. The molecule has 0 aliphatic rings. The number of pyridine rings is 2. The Morgan fingerprint density at radius 1 is 1.32 bits per heavy atom. The molecule has 1 unspecified atom stereocenters. The van der Waals surface area contributed by atoms with Crippen LogP contribution in [0.2, 0.25) is 5.02 Å². The second-order valence-electron chi connectivity index (χ2n) is 5.45. The molecule has 0 aliphatic carbocycles.